The van der Waals surface area contributed by atoms with E-state index in [0.717, 1.165) is 16.8 Å². The molecular weight excluding hydrogens is 278 g/mol. The van der Waals surface area contributed by atoms with E-state index in [1.165, 1.54) is 11.1 Å². The van der Waals surface area contributed by atoms with Crippen molar-refractivity contribution in [3.05, 3.63) is 58.0 Å². The topological polar surface area (TPSA) is 25.2 Å². The number of benzene rings is 1. The van der Waals surface area contributed by atoms with Crippen molar-refractivity contribution in [2.45, 2.75) is 26.4 Å². The Morgan fingerprint density at radius 1 is 1.35 bits per heavy atom. The summed E-state index contributed by atoms with van der Waals surface area (Å²) in [5.74, 6) is 0.971. The molecule has 17 heavy (non-hydrogen) atoms. The van der Waals surface area contributed by atoms with Crippen LogP contribution in [0.4, 0.5) is 0 Å². The van der Waals surface area contributed by atoms with Crippen LogP contribution >= 0.6 is 15.9 Å². The molecular formula is C14H16BrNO. The summed E-state index contributed by atoms with van der Waals surface area (Å²) < 4.78 is 6.51. The lowest BCUT2D eigenvalue weighted by Gasteiger charge is -2.12. The Kier molecular flexibility index (Phi) is 4.02. The van der Waals surface area contributed by atoms with E-state index in [-0.39, 0.29) is 6.04 Å². The minimum absolute atomic E-state index is 0.231. The normalized spacial score (nSPS) is 12.6. The molecule has 90 valence electrons. The molecule has 3 heteroatoms. The van der Waals surface area contributed by atoms with Crippen LogP contribution in [0.1, 0.15) is 29.9 Å². The van der Waals surface area contributed by atoms with Crippen LogP contribution in [-0.4, -0.2) is 0 Å². The second-order valence-corrected chi connectivity index (χ2v) is 5.06. The third-order valence-corrected chi connectivity index (χ3v) is 3.69. The molecule has 1 aromatic heterocycles. The van der Waals surface area contributed by atoms with Crippen molar-refractivity contribution in [1.82, 2.24) is 5.32 Å². The average molecular weight is 294 g/mol. The summed E-state index contributed by atoms with van der Waals surface area (Å²) in [5, 5.41) is 3.44. The third-order valence-electron chi connectivity index (χ3n) is 2.80. The summed E-state index contributed by atoms with van der Waals surface area (Å²) in [7, 11) is 0. The molecule has 0 bridgehead atoms. The molecule has 1 heterocycles. The van der Waals surface area contributed by atoms with E-state index in [1.807, 2.05) is 12.1 Å². The Balaban J connectivity index is 1.96. The van der Waals surface area contributed by atoms with Crippen LogP contribution < -0.4 is 5.32 Å². The molecule has 1 atom stereocenters. The Hall–Kier alpha value is -1.06. The Morgan fingerprint density at radius 3 is 2.82 bits per heavy atom. The second kappa shape index (κ2) is 5.52. The van der Waals surface area contributed by atoms with Gasteiger partial charge in [0, 0.05) is 11.0 Å². The number of aryl methyl sites for hydroxylation is 1. The molecule has 2 rings (SSSR count). The molecule has 2 nitrogen and oxygen atoms in total. The molecule has 0 unspecified atom stereocenters. The standard InChI is InChI=1S/C14H16BrNO/c1-10-8-12(5-6-13(10)15)9-16-11(2)14-4-3-7-17-14/h3-8,11,16H,9H2,1-2H3/t11-/m0/s1. The van der Waals surface area contributed by atoms with Crippen LogP contribution in [0.2, 0.25) is 0 Å². The number of hydrogen-bond donors (Lipinski definition) is 1. The summed E-state index contributed by atoms with van der Waals surface area (Å²) in [6.45, 7) is 5.05. The van der Waals surface area contributed by atoms with Crippen molar-refractivity contribution in [3.63, 3.8) is 0 Å². The van der Waals surface area contributed by atoms with E-state index in [0.29, 0.717) is 0 Å². The van der Waals surface area contributed by atoms with Gasteiger partial charge in [0.1, 0.15) is 5.76 Å². The molecule has 2 aromatic rings. The van der Waals surface area contributed by atoms with Gasteiger partial charge in [-0.1, -0.05) is 28.1 Å². The van der Waals surface area contributed by atoms with Gasteiger partial charge in [0.05, 0.1) is 12.3 Å². The fourth-order valence-electron chi connectivity index (χ4n) is 1.73. The first-order valence-corrected chi connectivity index (χ1v) is 6.48. The van der Waals surface area contributed by atoms with Crippen molar-refractivity contribution in [1.29, 1.82) is 0 Å². The molecule has 1 N–H and O–H groups in total. The minimum atomic E-state index is 0.231. The molecule has 0 fully saturated rings. The Labute approximate surface area is 110 Å². The SMILES string of the molecule is Cc1cc(CN[C@@H](C)c2ccco2)ccc1Br. The molecule has 1 aromatic carbocycles. The second-order valence-electron chi connectivity index (χ2n) is 4.20. The fourth-order valence-corrected chi connectivity index (χ4v) is 1.97. The Morgan fingerprint density at radius 2 is 2.18 bits per heavy atom. The maximum Gasteiger partial charge on any atom is 0.120 e. The van der Waals surface area contributed by atoms with Gasteiger partial charge in [-0.2, -0.15) is 0 Å². The van der Waals surface area contributed by atoms with Gasteiger partial charge >= 0.3 is 0 Å². The fraction of sp³-hybridized carbons (Fsp3) is 0.286. The molecule has 0 aliphatic rings. The number of furan rings is 1. The molecule has 0 aliphatic carbocycles. The molecule has 0 saturated carbocycles. The lowest BCUT2D eigenvalue weighted by Crippen LogP contribution is -2.17. The summed E-state index contributed by atoms with van der Waals surface area (Å²) >= 11 is 3.51. The van der Waals surface area contributed by atoms with Crippen molar-refractivity contribution in [2.24, 2.45) is 0 Å². The third kappa shape index (κ3) is 3.20. The zero-order valence-electron chi connectivity index (χ0n) is 10.0. The van der Waals surface area contributed by atoms with Gasteiger partial charge < -0.3 is 9.73 Å². The van der Waals surface area contributed by atoms with Crippen molar-refractivity contribution < 1.29 is 4.42 Å². The van der Waals surface area contributed by atoms with E-state index in [9.17, 15) is 0 Å². The van der Waals surface area contributed by atoms with Gasteiger partial charge in [0.2, 0.25) is 0 Å². The highest BCUT2D eigenvalue weighted by Gasteiger charge is 2.07. The lowest BCUT2D eigenvalue weighted by molar-refractivity contribution is 0.430. The average Bonchev–Trinajstić information content (AvgIpc) is 2.84. The predicted molar refractivity (Wildman–Crippen MR) is 72.8 cm³/mol. The van der Waals surface area contributed by atoms with Crippen molar-refractivity contribution >= 4 is 15.9 Å². The maximum absolute atomic E-state index is 5.36. The highest BCUT2D eigenvalue weighted by Crippen LogP contribution is 2.18. The predicted octanol–water partition coefficient (Wildman–Crippen LogP) is 4.20. The van der Waals surface area contributed by atoms with E-state index < -0.39 is 0 Å². The van der Waals surface area contributed by atoms with Crippen LogP contribution in [0.15, 0.2) is 45.5 Å². The van der Waals surface area contributed by atoms with Crippen molar-refractivity contribution in [3.8, 4) is 0 Å². The van der Waals surface area contributed by atoms with Crippen LogP contribution in [0.25, 0.3) is 0 Å². The van der Waals surface area contributed by atoms with Gasteiger partial charge in [-0.25, -0.2) is 0 Å². The zero-order valence-corrected chi connectivity index (χ0v) is 11.6. The first kappa shape index (κ1) is 12.4. The Bertz CT molecular complexity index is 479. The maximum atomic E-state index is 5.36. The highest BCUT2D eigenvalue weighted by molar-refractivity contribution is 9.10. The first-order chi connectivity index (χ1) is 8.16. The van der Waals surface area contributed by atoms with Crippen LogP contribution in [-0.2, 0) is 6.54 Å². The van der Waals surface area contributed by atoms with Gasteiger partial charge in [0.25, 0.3) is 0 Å². The molecule has 0 aliphatic heterocycles. The molecule has 0 saturated heterocycles. The number of halogens is 1. The van der Waals surface area contributed by atoms with E-state index in [2.05, 4.69) is 53.3 Å². The largest absolute Gasteiger partial charge is 0.468 e. The summed E-state index contributed by atoms with van der Waals surface area (Å²) in [4.78, 5) is 0. The quantitative estimate of drug-likeness (QED) is 0.914. The van der Waals surface area contributed by atoms with Gasteiger partial charge in [0.15, 0.2) is 0 Å². The molecule has 0 spiro atoms. The summed E-state index contributed by atoms with van der Waals surface area (Å²) in [6, 6.07) is 10.5. The van der Waals surface area contributed by atoms with Gasteiger partial charge in [-0.05, 0) is 43.2 Å². The van der Waals surface area contributed by atoms with E-state index >= 15 is 0 Å². The van der Waals surface area contributed by atoms with Crippen LogP contribution in [0.3, 0.4) is 0 Å². The smallest absolute Gasteiger partial charge is 0.120 e. The van der Waals surface area contributed by atoms with E-state index in [4.69, 9.17) is 4.42 Å². The minimum Gasteiger partial charge on any atom is -0.468 e. The number of nitrogens with one attached hydrogen (secondary N) is 1. The van der Waals surface area contributed by atoms with Crippen LogP contribution in [0, 0.1) is 6.92 Å². The van der Waals surface area contributed by atoms with Gasteiger partial charge in [-0.3, -0.25) is 0 Å². The summed E-state index contributed by atoms with van der Waals surface area (Å²) in [5.41, 5.74) is 2.54. The highest BCUT2D eigenvalue weighted by atomic mass is 79.9. The molecule has 0 radical (unpaired) electrons. The van der Waals surface area contributed by atoms with Gasteiger partial charge in [-0.15, -0.1) is 0 Å². The number of rotatable bonds is 4. The summed E-state index contributed by atoms with van der Waals surface area (Å²) in [6.07, 6.45) is 1.71. The van der Waals surface area contributed by atoms with Crippen molar-refractivity contribution in [2.75, 3.05) is 0 Å². The van der Waals surface area contributed by atoms with E-state index in [1.54, 1.807) is 6.26 Å². The monoisotopic (exact) mass is 293 g/mol. The zero-order chi connectivity index (χ0) is 12.3. The first-order valence-electron chi connectivity index (χ1n) is 5.68. The molecule has 0 amide bonds. The number of hydrogen-bond acceptors (Lipinski definition) is 2. The lowest BCUT2D eigenvalue weighted by atomic mass is 10.1. The van der Waals surface area contributed by atoms with Crippen LogP contribution in [0.5, 0.6) is 0 Å².